The van der Waals surface area contributed by atoms with Crippen molar-refractivity contribution in [3.8, 4) is 23.3 Å². The number of hydrogen-bond acceptors (Lipinski definition) is 7. The van der Waals surface area contributed by atoms with Gasteiger partial charge in [-0.3, -0.25) is 14.2 Å². The minimum Gasteiger partial charge on any atom is -0.467 e. The second-order valence-corrected chi connectivity index (χ2v) is 9.24. The highest BCUT2D eigenvalue weighted by molar-refractivity contribution is 7.07. The van der Waals surface area contributed by atoms with E-state index in [2.05, 4.69) is 5.32 Å². The number of amides is 1. The topological polar surface area (TPSA) is 106 Å². The number of rotatable bonds is 5. The number of nitrogens with one attached hydrogen (secondary N) is 1. The van der Waals surface area contributed by atoms with E-state index in [9.17, 15) is 14.9 Å². The van der Waals surface area contributed by atoms with Gasteiger partial charge in [0.05, 0.1) is 23.0 Å². The molecule has 1 aliphatic heterocycles. The van der Waals surface area contributed by atoms with Gasteiger partial charge >= 0.3 is 0 Å². The lowest BCUT2D eigenvalue weighted by molar-refractivity contribution is -0.115. The normalized spacial score (nSPS) is 13.4. The Balaban J connectivity index is 1.70. The number of aryl methyl sites for hydroxylation is 2. The molecule has 1 aliphatic rings. The zero-order chi connectivity index (χ0) is 25.2. The van der Waals surface area contributed by atoms with Crippen LogP contribution in [0, 0.1) is 25.2 Å². The van der Waals surface area contributed by atoms with Gasteiger partial charge in [-0.15, -0.1) is 11.3 Å². The van der Waals surface area contributed by atoms with Crippen molar-refractivity contribution in [3.05, 3.63) is 96.8 Å². The number of carbonyl (C=O) groups excluding carboxylic acids is 1. The molecule has 0 aliphatic carbocycles. The molecular weight excluding hydrogens is 478 g/mol. The van der Waals surface area contributed by atoms with Crippen LogP contribution in [-0.4, -0.2) is 17.3 Å². The van der Waals surface area contributed by atoms with Gasteiger partial charge in [0.2, 0.25) is 6.79 Å². The first-order valence-electron chi connectivity index (χ1n) is 11.1. The number of carbonyl (C=O) groups is 1. The largest absolute Gasteiger partial charge is 0.467 e. The molecule has 180 valence electrons. The van der Waals surface area contributed by atoms with Crippen LogP contribution in [0.1, 0.15) is 22.5 Å². The number of hydrogen-bond donors (Lipinski definition) is 1. The van der Waals surface area contributed by atoms with E-state index in [1.54, 1.807) is 30.3 Å². The lowest BCUT2D eigenvalue weighted by Crippen LogP contribution is -2.34. The lowest BCUT2D eigenvalue weighted by atomic mass is 10.1. The van der Waals surface area contributed by atoms with Crippen LogP contribution in [0.5, 0.6) is 11.5 Å². The first kappa shape index (κ1) is 23.2. The Kier molecular flexibility index (Phi) is 6.19. The fourth-order valence-electron chi connectivity index (χ4n) is 3.94. The average Bonchev–Trinajstić information content (AvgIpc) is 3.60. The molecule has 3 heterocycles. The van der Waals surface area contributed by atoms with E-state index in [-0.39, 0.29) is 29.1 Å². The van der Waals surface area contributed by atoms with Crippen LogP contribution in [0.2, 0.25) is 0 Å². The maximum atomic E-state index is 13.7. The van der Waals surface area contributed by atoms with Crippen molar-refractivity contribution in [1.29, 1.82) is 5.26 Å². The fourth-order valence-corrected chi connectivity index (χ4v) is 5.04. The summed E-state index contributed by atoms with van der Waals surface area (Å²) in [5.41, 5.74) is 2.74. The second kappa shape index (κ2) is 9.60. The molecule has 1 amide bonds. The summed E-state index contributed by atoms with van der Waals surface area (Å²) in [7, 11) is 0. The third kappa shape index (κ3) is 4.42. The molecule has 9 heteroatoms. The fraction of sp³-hybridized carbons (Fsp3) is 0.148. The molecular formula is C27H21N3O5S. The number of thiazole rings is 1. The Hall–Kier alpha value is -4.55. The number of furan rings is 1. The molecule has 36 heavy (non-hydrogen) atoms. The van der Waals surface area contributed by atoms with Crippen molar-refractivity contribution in [2.24, 2.45) is 0 Å². The summed E-state index contributed by atoms with van der Waals surface area (Å²) in [6.07, 6.45) is 3.22. The van der Waals surface area contributed by atoms with Crippen LogP contribution in [0.3, 0.4) is 0 Å². The van der Waals surface area contributed by atoms with Gasteiger partial charge in [0.15, 0.2) is 17.1 Å². The van der Waals surface area contributed by atoms with Crippen LogP contribution in [0.15, 0.2) is 64.0 Å². The lowest BCUT2D eigenvalue weighted by Gasteiger charge is -2.08. The zero-order valence-corrected chi connectivity index (χ0v) is 20.3. The molecule has 0 fully saturated rings. The van der Waals surface area contributed by atoms with Crippen LogP contribution in [-0.2, 0) is 11.3 Å². The van der Waals surface area contributed by atoms with Gasteiger partial charge in [-0.2, -0.15) is 5.26 Å². The van der Waals surface area contributed by atoms with Crippen molar-refractivity contribution in [2.75, 3.05) is 6.79 Å². The zero-order valence-electron chi connectivity index (χ0n) is 19.5. The van der Waals surface area contributed by atoms with Crippen molar-refractivity contribution in [2.45, 2.75) is 20.4 Å². The standard InChI is InChI=1S/C27H21N3O5S/c1-16-5-7-21(17(2)10-16)30-26(32)24(12-18-6-8-22-23(11-18)35-15-34-22)36-27(30)20(13-28)25(31)29-14-19-4-3-9-33-19/h3-12H,14-15H2,1-2H3,(H,29,31). The van der Waals surface area contributed by atoms with E-state index >= 15 is 0 Å². The number of nitrogens with zero attached hydrogens (tertiary/aromatic N) is 2. The molecule has 0 saturated carbocycles. The van der Waals surface area contributed by atoms with Crippen LogP contribution >= 0.6 is 11.3 Å². The number of benzene rings is 2. The van der Waals surface area contributed by atoms with Crippen molar-refractivity contribution < 1.29 is 18.7 Å². The Bertz CT molecular complexity index is 1690. The molecule has 2 aromatic carbocycles. The minimum atomic E-state index is -0.594. The van der Waals surface area contributed by atoms with Crippen LogP contribution in [0.4, 0.5) is 0 Å². The maximum Gasteiger partial charge on any atom is 0.273 e. The highest BCUT2D eigenvalue weighted by atomic mass is 32.1. The van der Waals surface area contributed by atoms with E-state index in [4.69, 9.17) is 13.9 Å². The maximum absolute atomic E-state index is 13.7. The summed E-state index contributed by atoms with van der Waals surface area (Å²) in [6.45, 7) is 4.11. The number of nitriles is 1. The van der Waals surface area contributed by atoms with E-state index in [0.29, 0.717) is 27.5 Å². The van der Waals surface area contributed by atoms with E-state index in [0.717, 1.165) is 28.0 Å². The van der Waals surface area contributed by atoms with Crippen molar-refractivity contribution in [1.82, 2.24) is 9.88 Å². The number of aromatic nitrogens is 1. The summed E-state index contributed by atoms with van der Waals surface area (Å²) in [6, 6.07) is 16.5. The SMILES string of the molecule is Cc1ccc(-n2c(=C(C#N)C(=O)NCc3ccco3)sc(=Cc3ccc4c(c3)OCO4)c2=O)c(C)c1. The van der Waals surface area contributed by atoms with Crippen LogP contribution < -0.4 is 29.5 Å². The predicted octanol–water partition coefficient (Wildman–Crippen LogP) is 2.66. The second-order valence-electron chi connectivity index (χ2n) is 8.21. The summed E-state index contributed by atoms with van der Waals surface area (Å²) in [5.74, 6) is 1.19. The van der Waals surface area contributed by atoms with Gasteiger partial charge in [-0.05, 0) is 61.4 Å². The third-order valence-corrected chi connectivity index (χ3v) is 6.76. The molecule has 0 bridgehead atoms. The molecule has 0 unspecified atom stereocenters. The van der Waals surface area contributed by atoms with Gasteiger partial charge in [0, 0.05) is 0 Å². The third-order valence-electron chi connectivity index (χ3n) is 5.67. The van der Waals surface area contributed by atoms with Gasteiger partial charge in [0.1, 0.15) is 16.5 Å². The van der Waals surface area contributed by atoms with E-state index in [1.165, 1.54) is 10.8 Å². The average molecular weight is 500 g/mol. The highest BCUT2D eigenvalue weighted by Gasteiger charge is 2.19. The number of ether oxygens (including phenoxy) is 2. The number of fused-ring (bicyclic) bond motifs is 1. The first-order valence-corrected chi connectivity index (χ1v) is 11.9. The van der Waals surface area contributed by atoms with Gasteiger partial charge in [-0.1, -0.05) is 23.8 Å². The molecule has 0 atom stereocenters. The molecule has 0 saturated heterocycles. The molecule has 8 nitrogen and oxygen atoms in total. The Morgan fingerprint density at radius 2 is 2.00 bits per heavy atom. The molecule has 0 radical (unpaired) electrons. The summed E-state index contributed by atoms with van der Waals surface area (Å²) in [4.78, 5) is 26.7. The van der Waals surface area contributed by atoms with Gasteiger partial charge in [-0.25, -0.2) is 0 Å². The Labute approximate surface area is 209 Å². The monoisotopic (exact) mass is 499 g/mol. The highest BCUT2D eigenvalue weighted by Crippen LogP contribution is 2.32. The molecule has 2 aromatic heterocycles. The Morgan fingerprint density at radius 3 is 2.75 bits per heavy atom. The molecule has 4 aromatic rings. The van der Waals surface area contributed by atoms with E-state index < -0.39 is 5.91 Å². The minimum absolute atomic E-state index is 0.117. The summed E-state index contributed by atoms with van der Waals surface area (Å²) in [5, 5.41) is 12.7. The Morgan fingerprint density at radius 1 is 1.17 bits per heavy atom. The predicted molar refractivity (Wildman–Crippen MR) is 134 cm³/mol. The quantitative estimate of drug-likeness (QED) is 0.453. The summed E-state index contributed by atoms with van der Waals surface area (Å²) < 4.78 is 18.1. The molecule has 0 spiro atoms. The van der Waals surface area contributed by atoms with Crippen molar-refractivity contribution in [3.63, 3.8) is 0 Å². The van der Waals surface area contributed by atoms with Crippen LogP contribution in [0.25, 0.3) is 17.3 Å². The van der Waals surface area contributed by atoms with E-state index in [1.807, 2.05) is 44.2 Å². The van der Waals surface area contributed by atoms with Gasteiger partial charge < -0.3 is 19.2 Å². The summed E-state index contributed by atoms with van der Waals surface area (Å²) >= 11 is 1.09. The molecule has 1 N–H and O–H groups in total. The van der Waals surface area contributed by atoms with Crippen molar-refractivity contribution >= 4 is 28.9 Å². The van der Waals surface area contributed by atoms with Gasteiger partial charge in [0.25, 0.3) is 11.5 Å². The first-order chi connectivity index (χ1) is 17.4. The molecule has 5 rings (SSSR count). The smallest absolute Gasteiger partial charge is 0.273 e.